The Balaban J connectivity index is 2.04. The SMILES string of the molecule is Cc1cc2c(Nc3ccc(C(C)C)cc3)nc(C(F)(F)F)nc2[nH]1. The first-order chi connectivity index (χ1) is 11.2. The number of H-pyrrole nitrogens is 1. The molecule has 0 unspecified atom stereocenters. The van der Waals surface area contributed by atoms with E-state index < -0.39 is 12.0 Å². The second-order valence-corrected chi connectivity index (χ2v) is 6.01. The maximum absolute atomic E-state index is 13.0. The van der Waals surface area contributed by atoms with Gasteiger partial charge in [0.25, 0.3) is 0 Å². The first-order valence-corrected chi connectivity index (χ1v) is 7.55. The number of rotatable bonds is 3. The molecule has 0 saturated heterocycles. The average Bonchev–Trinajstić information content (AvgIpc) is 2.87. The van der Waals surface area contributed by atoms with Gasteiger partial charge in [0.1, 0.15) is 11.5 Å². The molecule has 0 aliphatic heterocycles. The molecule has 0 saturated carbocycles. The Hall–Kier alpha value is -2.57. The average molecular weight is 334 g/mol. The molecular weight excluding hydrogens is 317 g/mol. The fourth-order valence-corrected chi connectivity index (χ4v) is 2.45. The molecule has 3 aromatic rings. The number of nitrogens with one attached hydrogen (secondary N) is 2. The largest absolute Gasteiger partial charge is 0.451 e. The van der Waals surface area contributed by atoms with Crippen molar-refractivity contribution < 1.29 is 13.2 Å². The minimum absolute atomic E-state index is 0.133. The highest BCUT2D eigenvalue weighted by Gasteiger charge is 2.35. The summed E-state index contributed by atoms with van der Waals surface area (Å²) in [4.78, 5) is 10.1. The number of benzene rings is 1. The second-order valence-electron chi connectivity index (χ2n) is 6.01. The summed E-state index contributed by atoms with van der Waals surface area (Å²) < 4.78 is 39.0. The van der Waals surface area contributed by atoms with Gasteiger partial charge in [0.05, 0.1) is 5.39 Å². The lowest BCUT2D eigenvalue weighted by molar-refractivity contribution is -0.144. The molecule has 2 N–H and O–H groups in total. The van der Waals surface area contributed by atoms with Crippen molar-refractivity contribution in [1.29, 1.82) is 0 Å². The van der Waals surface area contributed by atoms with Crippen LogP contribution in [0.25, 0.3) is 11.0 Å². The molecule has 2 heterocycles. The monoisotopic (exact) mass is 334 g/mol. The Kier molecular flexibility index (Phi) is 3.95. The van der Waals surface area contributed by atoms with Crippen LogP contribution in [0.15, 0.2) is 30.3 Å². The van der Waals surface area contributed by atoms with Gasteiger partial charge < -0.3 is 10.3 Å². The summed E-state index contributed by atoms with van der Waals surface area (Å²) in [6, 6.07) is 9.27. The normalized spacial score (nSPS) is 12.1. The smallest absolute Gasteiger partial charge is 0.343 e. The molecular formula is C17H17F3N4. The number of anilines is 2. The Morgan fingerprint density at radius 1 is 1.08 bits per heavy atom. The Morgan fingerprint density at radius 3 is 2.33 bits per heavy atom. The minimum Gasteiger partial charge on any atom is -0.343 e. The molecule has 0 spiro atoms. The van der Waals surface area contributed by atoms with Crippen LogP contribution in [0.1, 0.15) is 36.8 Å². The van der Waals surface area contributed by atoms with Gasteiger partial charge in [-0.25, -0.2) is 9.97 Å². The zero-order valence-electron chi connectivity index (χ0n) is 13.5. The van der Waals surface area contributed by atoms with Gasteiger partial charge in [-0.1, -0.05) is 26.0 Å². The van der Waals surface area contributed by atoms with E-state index in [4.69, 9.17) is 0 Å². The highest BCUT2D eigenvalue weighted by atomic mass is 19.4. The highest BCUT2D eigenvalue weighted by Crippen LogP contribution is 2.32. The van der Waals surface area contributed by atoms with Gasteiger partial charge in [-0.05, 0) is 36.6 Å². The summed E-state index contributed by atoms with van der Waals surface area (Å²) in [5.41, 5.74) is 2.71. The third kappa shape index (κ3) is 3.20. The predicted molar refractivity (Wildman–Crippen MR) is 87.4 cm³/mol. The summed E-state index contributed by atoms with van der Waals surface area (Å²) >= 11 is 0. The minimum atomic E-state index is -4.61. The number of halogens is 3. The van der Waals surface area contributed by atoms with E-state index in [1.54, 1.807) is 13.0 Å². The fourth-order valence-electron chi connectivity index (χ4n) is 2.45. The van der Waals surface area contributed by atoms with Crippen molar-refractivity contribution in [2.24, 2.45) is 0 Å². The number of nitrogens with zero attached hydrogens (tertiary/aromatic N) is 2. The molecule has 1 aromatic carbocycles. The molecule has 0 atom stereocenters. The molecule has 0 aliphatic rings. The number of fused-ring (bicyclic) bond motifs is 1. The summed E-state index contributed by atoms with van der Waals surface area (Å²) in [6.07, 6.45) is -4.61. The van der Waals surface area contributed by atoms with Crippen LogP contribution in [-0.4, -0.2) is 15.0 Å². The maximum atomic E-state index is 13.0. The quantitative estimate of drug-likeness (QED) is 0.696. The number of aryl methyl sites for hydroxylation is 1. The van der Waals surface area contributed by atoms with Gasteiger partial charge in [-0.3, -0.25) is 0 Å². The van der Waals surface area contributed by atoms with Crippen molar-refractivity contribution >= 4 is 22.5 Å². The first kappa shape index (κ1) is 16.3. The van der Waals surface area contributed by atoms with E-state index >= 15 is 0 Å². The number of alkyl halides is 3. The first-order valence-electron chi connectivity index (χ1n) is 7.55. The van der Waals surface area contributed by atoms with E-state index in [-0.39, 0.29) is 11.5 Å². The summed E-state index contributed by atoms with van der Waals surface area (Å²) in [7, 11) is 0. The molecule has 0 radical (unpaired) electrons. The zero-order valence-corrected chi connectivity index (χ0v) is 13.5. The zero-order chi connectivity index (χ0) is 17.5. The molecule has 0 amide bonds. The molecule has 3 rings (SSSR count). The lowest BCUT2D eigenvalue weighted by Crippen LogP contribution is -2.12. The standard InChI is InChI=1S/C17H17F3N4/c1-9(2)11-4-6-12(7-5-11)22-15-13-8-10(3)21-14(13)23-16(24-15)17(18,19)20/h4-9H,1-3H3,(H2,21,22,23,24). The number of hydrogen-bond donors (Lipinski definition) is 2. The van der Waals surface area contributed by atoms with Crippen LogP contribution in [0.2, 0.25) is 0 Å². The summed E-state index contributed by atoms with van der Waals surface area (Å²) in [5, 5.41) is 3.49. The van der Waals surface area contributed by atoms with Crippen molar-refractivity contribution in [3.63, 3.8) is 0 Å². The van der Waals surface area contributed by atoms with Crippen LogP contribution in [0, 0.1) is 6.92 Å². The Bertz CT molecular complexity index is 864. The Morgan fingerprint density at radius 2 is 1.75 bits per heavy atom. The molecule has 24 heavy (non-hydrogen) atoms. The Labute approximate surface area is 137 Å². The van der Waals surface area contributed by atoms with Gasteiger partial charge in [-0.15, -0.1) is 0 Å². The fraction of sp³-hybridized carbons (Fsp3) is 0.294. The van der Waals surface area contributed by atoms with E-state index in [2.05, 4.69) is 34.1 Å². The molecule has 2 aromatic heterocycles. The molecule has 4 nitrogen and oxygen atoms in total. The third-order valence-electron chi connectivity index (χ3n) is 3.72. The van der Waals surface area contributed by atoms with Gasteiger partial charge in [0, 0.05) is 11.4 Å². The van der Waals surface area contributed by atoms with Crippen LogP contribution in [0.3, 0.4) is 0 Å². The number of aromatic nitrogens is 3. The third-order valence-corrected chi connectivity index (χ3v) is 3.72. The lowest BCUT2D eigenvalue weighted by atomic mass is 10.0. The van der Waals surface area contributed by atoms with Crippen LogP contribution >= 0.6 is 0 Å². The van der Waals surface area contributed by atoms with Crippen molar-refractivity contribution in [1.82, 2.24) is 15.0 Å². The predicted octanol–water partition coefficient (Wildman–Crippen LogP) is 5.15. The van der Waals surface area contributed by atoms with E-state index in [1.807, 2.05) is 24.3 Å². The second kappa shape index (κ2) is 5.81. The van der Waals surface area contributed by atoms with Crippen molar-refractivity contribution in [2.45, 2.75) is 32.9 Å². The van der Waals surface area contributed by atoms with Gasteiger partial charge in [0.2, 0.25) is 5.82 Å². The van der Waals surface area contributed by atoms with E-state index in [0.29, 0.717) is 17.0 Å². The molecule has 0 fully saturated rings. The molecule has 126 valence electrons. The molecule has 7 heteroatoms. The molecule has 0 bridgehead atoms. The molecule has 0 aliphatic carbocycles. The van der Waals surface area contributed by atoms with E-state index in [1.165, 1.54) is 0 Å². The van der Waals surface area contributed by atoms with E-state index in [9.17, 15) is 13.2 Å². The van der Waals surface area contributed by atoms with Gasteiger partial charge in [-0.2, -0.15) is 13.2 Å². The summed E-state index contributed by atoms with van der Waals surface area (Å²) in [5.74, 6) is -0.652. The number of aromatic amines is 1. The van der Waals surface area contributed by atoms with E-state index in [0.717, 1.165) is 11.3 Å². The van der Waals surface area contributed by atoms with Crippen LogP contribution < -0.4 is 5.32 Å². The number of hydrogen-bond acceptors (Lipinski definition) is 3. The van der Waals surface area contributed by atoms with Crippen LogP contribution in [0.4, 0.5) is 24.7 Å². The van der Waals surface area contributed by atoms with Gasteiger partial charge in [0.15, 0.2) is 0 Å². The summed E-state index contributed by atoms with van der Waals surface area (Å²) in [6.45, 7) is 5.92. The van der Waals surface area contributed by atoms with Gasteiger partial charge >= 0.3 is 6.18 Å². The van der Waals surface area contributed by atoms with Crippen LogP contribution in [-0.2, 0) is 6.18 Å². The topological polar surface area (TPSA) is 53.6 Å². The lowest BCUT2D eigenvalue weighted by Gasteiger charge is -2.11. The van der Waals surface area contributed by atoms with Crippen LogP contribution in [0.5, 0.6) is 0 Å². The van der Waals surface area contributed by atoms with Crippen molar-refractivity contribution in [3.05, 3.63) is 47.4 Å². The van der Waals surface area contributed by atoms with Crippen molar-refractivity contribution in [3.8, 4) is 0 Å². The highest BCUT2D eigenvalue weighted by molar-refractivity contribution is 5.89. The van der Waals surface area contributed by atoms with Crippen molar-refractivity contribution in [2.75, 3.05) is 5.32 Å². The maximum Gasteiger partial charge on any atom is 0.451 e.